The van der Waals surface area contributed by atoms with E-state index in [-0.39, 0.29) is 0 Å². The summed E-state index contributed by atoms with van der Waals surface area (Å²) in [5.41, 5.74) is 35.3. The molecule has 0 saturated carbocycles. The van der Waals surface area contributed by atoms with Gasteiger partial charge in [0.15, 0.2) is 0 Å². The monoisotopic (exact) mass is 792 g/mol. The summed E-state index contributed by atoms with van der Waals surface area (Å²) < 4.78 is 0. The zero-order chi connectivity index (χ0) is 41.8. The molecule has 0 unspecified atom stereocenters. The Kier molecular flexibility index (Phi) is 10.3. The van der Waals surface area contributed by atoms with E-state index in [2.05, 4.69) is 231 Å². The average Bonchev–Trinajstić information content (AvgIpc) is 3.35. The van der Waals surface area contributed by atoms with Crippen LogP contribution in [0.3, 0.4) is 0 Å². The first kappa shape index (κ1) is 38.0. The number of nitrogens with two attached hydrogens (primary N) is 2. The van der Waals surface area contributed by atoms with Crippen LogP contribution < -0.4 is 11.5 Å². The van der Waals surface area contributed by atoms with Crippen molar-refractivity contribution in [1.82, 2.24) is 0 Å². The summed E-state index contributed by atoms with van der Waals surface area (Å²) in [4.78, 5) is 0. The lowest BCUT2D eigenvalue weighted by molar-refractivity contribution is 1.51. The Balaban J connectivity index is 1.29. The molecule has 10 aromatic rings. The standard InChI is InChI=1S/C60H44N2/c61-54-39-37-51(38-40-54)55-56(49-29-21-45(22-30-49)41-13-5-1-6-14-41)58(52-33-25-47(26-34-52)43-17-9-3-10-18-43)60(62)59(53-35-27-48(28-36-53)44-19-11-4-12-20-44)57(55)50-31-23-46(24-32-50)42-15-7-2-8-16-42/h1-40H,61-62H2. The minimum absolute atomic E-state index is 0.708. The van der Waals surface area contributed by atoms with Crippen LogP contribution in [0.15, 0.2) is 243 Å². The van der Waals surface area contributed by atoms with Crippen molar-refractivity contribution in [2.24, 2.45) is 0 Å². The molecule has 4 N–H and O–H groups in total. The summed E-state index contributed by atoms with van der Waals surface area (Å²) in [5, 5.41) is 0. The lowest BCUT2D eigenvalue weighted by Gasteiger charge is -2.27. The third-order valence-corrected chi connectivity index (χ3v) is 11.9. The van der Waals surface area contributed by atoms with Gasteiger partial charge in [0.05, 0.1) is 0 Å². The Morgan fingerprint density at radius 1 is 0.161 bits per heavy atom. The molecule has 294 valence electrons. The molecule has 0 aliphatic heterocycles. The van der Waals surface area contributed by atoms with Crippen molar-refractivity contribution in [2.45, 2.75) is 0 Å². The molecule has 0 spiro atoms. The number of benzene rings is 10. The number of nitrogen functional groups attached to an aromatic ring is 2. The van der Waals surface area contributed by atoms with Crippen LogP contribution in [0.1, 0.15) is 0 Å². The zero-order valence-corrected chi connectivity index (χ0v) is 34.2. The van der Waals surface area contributed by atoms with Gasteiger partial charge >= 0.3 is 0 Å². The molecule has 10 rings (SSSR count). The molecule has 0 amide bonds. The Bertz CT molecular complexity index is 2890. The van der Waals surface area contributed by atoms with Crippen molar-refractivity contribution in [2.75, 3.05) is 11.5 Å². The molecule has 0 heterocycles. The van der Waals surface area contributed by atoms with Gasteiger partial charge in [0.1, 0.15) is 0 Å². The number of rotatable bonds is 9. The van der Waals surface area contributed by atoms with E-state index in [1.807, 2.05) is 12.1 Å². The Morgan fingerprint density at radius 2 is 0.339 bits per heavy atom. The van der Waals surface area contributed by atoms with Gasteiger partial charge in [-0.15, -0.1) is 0 Å². The smallest absolute Gasteiger partial charge is 0.0486 e. The van der Waals surface area contributed by atoms with Crippen LogP contribution in [0.25, 0.3) is 100 Å². The Morgan fingerprint density at radius 3 is 0.597 bits per heavy atom. The largest absolute Gasteiger partial charge is 0.399 e. The number of hydrogen-bond acceptors (Lipinski definition) is 2. The Labute approximate surface area is 364 Å². The molecular weight excluding hydrogens is 749 g/mol. The van der Waals surface area contributed by atoms with Crippen molar-refractivity contribution in [3.05, 3.63) is 243 Å². The fourth-order valence-electron chi connectivity index (χ4n) is 8.72. The second-order valence-electron chi connectivity index (χ2n) is 15.7. The van der Waals surface area contributed by atoms with Gasteiger partial charge < -0.3 is 11.5 Å². The molecule has 0 fully saturated rings. The van der Waals surface area contributed by atoms with Crippen LogP contribution in [0, 0.1) is 0 Å². The summed E-state index contributed by atoms with van der Waals surface area (Å²) >= 11 is 0. The van der Waals surface area contributed by atoms with E-state index in [0.29, 0.717) is 11.4 Å². The molecule has 0 aromatic heterocycles. The van der Waals surface area contributed by atoms with Gasteiger partial charge in [-0.25, -0.2) is 0 Å². The number of hydrogen-bond donors (Lipinski definition) is 2. The maximum Gasteiger partial charge on any atom is 0.0486 e. The van der Waals surface area contributed by atoms with Gasteiger partial charge in [0.2, 0.25) is 0 Å². The molecule has 0 atom stereocenters. The van der Waals surface area contributed by atoms with Crippen LogP contribution >= 0.6 is 0 Å². The fraction of sp³-hybridized carbons (Fsp3) is 0. The molecule has 2 heteroatoms. The van der Waals surface area contributed by atoms with Crippen molar-refractivity contribution in [1.29, 1.82) is 0 Å². The first-order valence-corrected chi connectivity index (χ1v) is 21.1. The molecular formula is C60H44N2. The predicted octanol–water partition coefficient (Wildman–Crippen LogP) is 15.9. The summed E-state index contributed by atoms with van der Waals surface area (Å²) in [6.45, 7) is 0. The molecule has 2 nitrogen and oxygen atoms in total. The molecule has 0 radical (unpaired) electrons. The van der Waals surface area contributed by atoms with E-state index >= 15 is 0 Å². The second-order valence-corrected chi connectivity index (χ2v) is 15.7. The second kappa shape index (κ2) is 16.8. The third kappa shape index (κ3) is 7.47. The summed E-state index contributed by atoms with van der Waals surface area (Å²) in [6, 6.07) is 86.0. The SMILES string of the molecule is Nc1ccc(-c2c(-c3ccc(-c4ccccc4)cc3)c(-c3ccc(-c4ccccc4)cc3)c(N)c(-c3ccc(-c4ccccc4)cc3)c2-c2ccc(-c3ccccc3)cc2)cc1. The lowest BCUT2D eigenvalue weighted by atomic mass is 9.77. The first-order valence-electron chi connectivity index (χ1n) is 21.1. The maximum atomic E-state index is 7.82. The van der Waals surface area contributed by atoms with Crippen LogP contribution in [0.2, 0.25) is 0 Å². The molecule has 0 saturated heterocycles. The van der Waals surface area contributed by atoms with Gasteiger partial charge in [-0.2, -0.15) is 0 Å². The molecule has 10 aromatic carbocycles. The predicted molar refractivity (Wildman–Crippen MR) is 264 cm³/mol. The zero-order valence-electron chi connectivity index (χ0n) is 34.2. The number of anilines is 2. The van der Waals surface area contributed by atoms with Gasteiger partial charge in [-0.1, -0.05) is 231 Å². The van der Waals surface area contributed by atoms with Crippen molar-refractivity contribution >= 4 is 11.4 Å². The first-order chi connectivity index (χ1) is 30.6. The van der Waals surface area contributed by atoms with Gasteiger partial charge in [-0.3, -0.25) is 0 Å². The summed E-state index contributed by atoms with van der Waals surface area (Å²) in [6.07, 6.45) is 0. The van der Waals surface area contributed by atoms with E-state index in [9.17, 15) is 0 Å². The van der Waals surface area contributed by atoms with E-state index < -0.39 is 0 Å². The van der Waals surface area contributed by atoms with Crippen LogP contribution in [0.4, 0.5) is 11.4 Å². The summed E-state index contributed by atoms with van der Waals surface area (Å²) in [5.74, 6) is 0. The minimum Gasteiger partial charge on any atom is -0.399 e. The van der Waals surface area contributed by atoms with E-state index in [1.54, 1.807) is 0 Å². The molecule has 0 aliphatic carbocycles. The van der Waals surface area contributed by atoms with Crippen molar-refractivity contribution in [3.63, 3.8) is 0 Å². The van der Waals surface area contributed by atoms with E-state index in [4.69, 9.17) is 11.5 Å². The topological polar surface area (TPSA) is 52.0 Å². The molecule has 0 aliphatic rings. The van der Waals surface area contributed by atoms with Crippen molar-refractivity contribution < 1.29 is 0 Å². The van der Waals surface area contributed by atoms with Crippen LogP contribution in [-0.4, -0.2) is 0 Å². The lowest BCUT2D eigenvalue weighted by Crippen LogP contribution is -2.04. The quantitative estimate of drug-likeness (QED) is 0.143. The molecule has 62 heavy (non-hydrogen) atoms. The fourth-order valence-corrected chi connectivity index (χ4v) is 8.72. The normalized spacial score (nSPS) is 11.0. The highest BCUT2D eigenvalue weighted by Crippen LogP contribution is 2.54. The highest BCUT2D eigenvalue weighted by Gasteiger charge is 2.28. The molecule has 0 bridgehead atoms. The maximum absolute atomic E-state index is 7.82. The summed E-state index contributed by atoms with van der Waals surface area (Å²) in [7, 11) is 0. The highest BCUT2D eigenvalue weighted by atomic mass is 14.6. The van der Waals surface area contributed by atoms with Gasteiger partial charge in [0, 0.05) is 33.6 Å². The van der Waals surface area contributed by atoms with E-state index in [1.165, 1.54) is 22.3 Å². The minimum atomic E-state index is 0.708. The average molecular weight is 793 g/mol. The van der Waals surface area contributed by atoms with Crippen LogP contribution in [-0.2, 0) is 0 Å². The van der Waals surface area contributed by atoms with E-state index in [0.717, 1.165) is 77.9 Å². The Hall–Kier alpha value is -8.20. The highest BCUT2D eigenvalue weighted by molar-refractivity contribution is 6.14. The van der Waals surface area contributed by atoms with Gasteiger partial charge in [-0.05, 0) is 90.0 Å². The third-order valence-electron chi connectivity index (χ3n) is 11.9. The van der Waals surface area contributed by atoms with Gasteiger partial charge in [0.25, 0.3) is 0 Å². The van der Waals surface area contributed by atoms with Crippen molar-refractivity contribution in [3.8, 4) is 100 Å². The van der Waals surface area contributed by atoms with Crippen LogP contribution in [0.5, 0.6) is 0 Å².